The van der Waals surface area contributed by atoms with Gasteiger partial charge in [-0.2, -0.15) is 0 Å². The SMILES string of the molecule is CCCNC(=O)C(C)NC(=O)COc1cc(C)cc(C)c1. The number of nitrogens with one attached hydrogen (secondary N) is 2. The lowest BCUT2D eigenvalue weighted by Gasteiger charge is -2.14. The van der Waals surface area contributed by atoms with Crippen LogP contribution in [0.3, 0.4) is 0 Å². The predicted molar refractivity (Wildman–Crippen MR) is 82.3 cm³/mol. The zero-order chi connectivity index (χ0) is 15.8. The number of benzene rings is 1. The maximum atomic E-state index is 11.8. The van der Waals surface area contributed by atoms with E-state index in [2.05, 4.69) is 10.6 Å². The highest BCUT2D eigenvalue weighted by Gasteiger charge is 2.15. The molecular formula is C16H24N2O3. The van der Waals surface area contributed by atoms with Crippen LogP contribution in [0.2, 0.25) is 0 Å². The third-order valence-corrected chi connectivity index (χ3v) is 2.89. The lowest BCUT2D eigenvalue weighted by atomic mass is 10.1. The smallest absolute Gasteiger partial charge is 0.258 e. The van der Waals surface area contributed by atoms with E-state index < -0.39 is 6.04 Å². The molecule has 5 nitrogen and oxygen atoms in total. The average Bonchev–Trinajstić information content (AvgIpc) is 2.41. The van der Waals surface area contributed by atoms with Crippen LogP contribution in [0.25, 0.3) is 0 Å². The van der Waals surface area contributed by atoms with Gasteiger partial charge in [0, 0.05) is 6.54 Å². The summed E-state index contributed by atoms with van der Waals surface area (Å²) in [6.45, 7) is 8.08. The summed E-state index contributed by atoms with van der Waals surface area (Å²) in [5, 5.41) is 5.34. The zero-order valence-electron chi connectivity index (χ0n) is 13.2. The summed E-state index contributed by atoms with van der Waals surface area (Å²) < 4.78 is 5.45. The van der Waals surface area contributed by atoms with Crippen molar-refractivity contribution in [3.8, 4) is 5.75 Å². The summed E-state index contributed by atoms with van der Waals surface area (Å²) in [6.07, 6.45) is 0.863. The molecule has 0 saturated heterocycles. The molecule has 5 heteroatoms. The topological polar surface area (TPSA) is 67.4 Å². The lowest BCUT2D eigenvalue weighted by Crippen LogP contribution is -2.46. The Bertz CT molecular complexity index is 480. The van der Waals surface area contributed by atoms with Gasteiger partial charge in [-0.1, -0.05) is 13.0 Å². The summed E-state index contributed by atoms with van der Waals surface area (Å²) in [7, 11) is 0. The van der Waals surface area contributed by atoms with Gasteiger partial charge in [0.05, 0.1) is 0 Å². The largest absolute Gasteiger partial charge is 0.484 e. The molecule has 0 fully saturated rings. The molecule has 2 amide bonds. The Morgan fingerprint density at radius 3 is 2.38 bits per heavy atom. The number of amides is 2. The van der Waals surface area contributed by atoms with Gasteiger partial charge in [0.25, 0.3) is 5.91 Å². The van der Waals surface area contributed by atoms with Crippen LogP contribution in [0.15, 0.2) is 18.2 Å². The number of hydrogen-bond acceptors (Lipinski definition) is 3. The van der Waals surface area contributed by atoms with Gasteiger partial charge in [-0.15, -0.1) is 0 Å². The van der Waals surface area contributed by atoms with Crippen molar-refractivity contribution in [3.05, 3.63) is 29.3 Å². The molecule has 1 aromatic carbocycles. The van der Waals surface area contributed by atoms with E-state index in [-0.39, 0.29) is 18.4 Å². The molecule has 116 valence electrons. The summed E-state index contributed by atoms with van der Waals surface area (Å²) in [4.78, 5) is 23.4. The average molecular weight is 292 g/mol. The number of rotatable bonds is 7. The molecule has 0 aromatic heterocycles. The van der Waals surface area contributed by atoms with Gasteiger partial charge in [0.1, 0.15) is 11.8 Å². The third-order valence-electron chi connectivity index (χ3n) is 2.89. The first kappa shape index (κ1) is 17.0. The summed E-state index contributed by atoms with van der Waals surface area (Å²) in [5.41, 5.74) is 2.16. The van der Waals surface area contributed by atoms with Gasteiger partial charge in [-0.05, 0) is 50.5 Å². The molecule has 2 N–H and O–H groups in total. The Balaban J connectivity index is 2.41. The van der Waals surface area contributed by atoms with Crippen LogP contribution in [0.4, 0.5) is 0 Å². The van der Waals surface area contributed by atoms with Gasteiger partial charge in [-0.25, -0.2) is 0 Å². The molecule has 1 aromatic rings. The molecule has 0 radical (unpaired) electrons. The van der Waals surface area contributed by atoms with E-state index in [0.717, 1.165) is 17.5 Å². The molecular weight excluding hydrogens is 268 g/mol. The van der Waals surface area contributed by atoms with Crippen LogP contribution >= 0.6 is 0 Å². The molecule has 1 rings (SSSR count). The standard InChI is InChI=1S/C16H24N2O3/c1-5-6-17-16(20)13(4)18-15(19)10-21-14-8-11(2)7-12(3)9-14/h7-9,13H,5-6,10H2,1-4H3,(H,17,20)(H,18,19). The molecule has 0 aliphatic rings. The first-order chi connectivity index (χ1) is 9.92. The lowest BCUT2D eigenvalue weighted by molar-refractivity contribution is -0.129. The number of carbonyl (C=O) groups excluding carboxylic acids is 2. The molecule has 0 spiro atoms. The van der Waals surface area contributed by atoms with Crippen LogP contribution in [-0.2, 0) is 9.59 Å². The minimum Gasteiger partial charge on any atom is -0.484 e. The highest BCUT2D eigenvalue weighted by Crippen LogP contribution is 2.15. The minimum atomic E-state index is -0.563. The molecule has 0 saturated carbocycles. The molecule has 1 atom stereocenters. The Morgan fingerprint density at radius 2 is 1.81 bits per heavy atom. The first-order valence-corrected chi connectivity index (χ1v) is 7.20. The second kappa shape index (κ2) is 8.29. The molecule has 0 bridgehead atoms. The fourth-order valence-corrected chi connectivity index (χ4v) is 1.92. The van der Waals surface area contributed by atoms with Crippen LogP contribution < -0.4 is 15.4 Å². The number of carbonyl (C=O) groups is 2. The van der Waals surface area contributed by atoms with Crippen molar-refractivity contribution in [1.82, 2.24) is 10.6 Å². The van der Waals surface area contributed by atoms with Crippen LogP contribution in [0, 0.1) is 13.8 Å². The van der Waals surface area contributed by atoms with Gasteiger partial charge < -0.3 is 15.4 Å². The second-order valence-electron chi connectivity index (χ2n) is 5.19. The fraction of sp³-hybridized carbons (Fsp3) is 0.500. The van der Waals surface area contributed by atoms with E-state index in [4.69, 9.17) is 4.74 Å². The van der Waals surface area contributed by atoms with E-state index in [0.29, 0.717) is 12.3 Å². The van der Waals surface area contributed by atoms with E-state index >= 15 is 0 Å². The fourth-order valence-electron chi connectivity index (χ4n) is 1.92. The molecule has 0 aliphatic carbocycles. The van der Waals surface area contributed by atoms with Crippen molar-refractivity contribution in [2.24, 2.45) is 0 Å². The Hall–Kier alpha value is -2.04. The Kier molecular flexibility index (Phi) is 6.72. The second-order valence-corrected chi connectivity index (χ2v) is 5.19. The number of hydrogen-bond donors (Lipinski definition) is 2. The van der Waals surface area contributed by atoms with E-state index in [1.807, 2.05) is 39.0 Å². The third kappa shape index (κ3) is 6.29. The van der Waals surface area contributed by atoms with Gasteiger partial charge in [0.2, 0.25) is 5.91 Å². The van der Waals surface area contributed by atoms with E-state index in [1.54, 1.807) is 6.92 Å². The highest BCUT2D eigenvalue weighted by atomic mass is 16.5. The first-order valence-electron chi connectivity index (χ1n) is 7.20. The summed E-state index contributed by atoms with van der Waals surface area (Å²) in [5.74, 6) is 0.163. The van der Waals surface area contributed by atoms with Crippen molar-refractivity contribution < 1.29 is 14.3 Å². The van der Waals surface area contributed by atoms with E-state index in [1.165, 1.54) is 0 Å². The summed E-state index contributed by atoms with van der Waals surface area (Å²) >= 11 is 0. The van der Waals surface area contributed by atoms with Gasteiger partial charge >= 0.3 is 0 Å². The molecule has 0 heterocycles. The maximum absolute atomic E-state index is 11.8. The van der Waals surface area contributed by atoms with Crippen LogP contribution in [-0.4, -0.2) is 31.0 Å². The molecule has 0 aliphatic heterocycles. The van der Waals surface area contributed by atoms with Crippen molar-refractivity contribution >= 4 is 11.8 Å². The summed E-state index contributed by atoms with van der Waals surface area (Å²) in [6, 6.07) is 5.22. The van der Waals surface area contributed by atoms with Crippen molar-refractivity contribution in [2.45, 2.75) is 40.2 Å². The van der Waals surface area contributed by atoms with E-state index in [9.17, 15) is 9.59 Å². The Labute approximate surface area is 126 Å². The number of aryl methyl sites for hydroxylation is 2. The normalized spacial score (nSPS) is 11.6. The monoisotopic (exact) mass is 292 g/mol. The minimum absolute atomic E-state index is 0.103. The van der Waals surface area contributed by atoms with Crippen molar-refractivity contribution in [1.29, 1.82) is 0 Å². The van der Waals surface area contributed by atoms with Crippen LogP contribution in [0.5, 0.6) is 5.75 Å². The van der Waals surface area contributed by atoms with Crippen LogP contribution in [0.1, 0.15) is 31.4 Å². The highest BCUT2D eigenvalue weighted by molar-refractivity contribution is 5.87. The molecule has 1 unspecified atom stereocenters. The molecule has 21 heavy (non-hydrogen) atoms. The quantitative estimate of drug-likeness (QED) is 0.804. The van der Waals surface area contributed by atoms with Crippen molar-refractivity contribution in [2.75, 3.05) is 13.2 Å². The predicted octanol–water partition coefficient (Wildman–Crippen LogP) is 1.71. The number of ether oxygens (including phenoxy) is 1. The van der Waals surface area contributed by atoms with Gasteiger partial charge in [-0.3, -0.25) is 9.59 Å². The zero-order valence-corrected chi connectivity index (χ0v) is 13.2. The maximum Gasteiger partial charge on any atom is 0.258 e. The van der Waals surface area contributed by atoms with Crippen molar-refractivity contribution in [3.63, 3.8) is 0 Å². The van der Waals surface area contributed by atoms with Gasteiger partial charge in [0.15, 0.2) is 6.61 Å². The Morgan fingerprint density at radius 1 is 1.19 bits per heavy atom.